The molecule has 1 aromatic rings. The Labute approximate surface area is 92.4 Å². The van der Waals surface area contributed by atoms with E-state index < -0.39 is 0 Å². The fourth-order valence-corrected chi connectivity index (χ4v) is 1.96. The lowest BCUT2D eigenvalue weighted by Crippen LogP contribution is -2.25. The quantitative estimate of drug-likeness (QED) is 0.805. The molecule has 2 nitrogen and oxygen atoms in total. The summed E-state index contributed by atoms with van der Waals surface area (Å²) >= 11 is 0. The smallest absolute Gasteiger partial charge is 0.122 e. The van der Waals surface area contributed by atoms with Crippen molar-refractivity contribution in [3.63, 3.8) is 0 Å². The number of para-hydroxylation sites is 1. The normalized spacial score (nSPS) is 14.7. The fraction of sp³-hybridized carbons (Fsp3) is 0.538. The highest BCUT2D eigenvalue weighted by molar-refractivity contribution is 5.39. The first-order valence-corrected chi connectivity index (χ1v) is 5.51. The molecule has 0 aliphatic heterocycles. The summed E-state index contributed by atoms with van der Waals surface area (Å²) < 4.78 is 5.40. The molecule has 0 spiro atoms. The number of rotatable bonds is 5. The van der Waals surface area contributed by atoms with Gasteiger partial charge in [-0.1, -0.05) is 32.0 Å². The third-order valence-corrected chi connectivity index (χ3v) is 3.23. The summed E-state index contributed by atoms with van der Waals surface area (Å²) in [6.45, 7) is 5.15. The molecule has 84 valence electrons. The molecule has 0 saturated carbocycles. The molecule has 0 aliphatic rings. The molecule has 1 rings (SSSR count). The zero-order valence-corrected chi connectivity index (χ0v) is 9.92. The largest absolute Gasteiger partial charge is 0.496 e. The highest BCUT2D eigenvalue weighted by Crippen LogP contribution is 2.36. The molecule has 0 radical (unpaired) electrons. The summed E-state index contributed by atoms with van der Waals surface area (Å²) in [5.74, 6) is 0.968. The molecule has 1 atom stereocenters. The molecular weight excluding hydrogens is 186 g/mol. The van der Waals surface area contributed by atoms with E-state index >= 15 is 0 Å². The van der Waals surface area contributed by atoms with Gasteiger partial charge in [-0.3, -0.25) is 0 Å². The maximum atomic E-state index is 5.68. The minimum atomic E-state index is 0.126. The van der Waals surface area contributed by atoms with Crippen molar-refractivity contribution in [2.75, 3.05) is 13.7 Å². The van der Waals surface area contributed by atoms with E-state index in [0.29, 0.717) is 6.54 Å². The minimum Gasteiger partial charge on any atom is -0.496 e. The van der Waals surface area contributed by atoms with Crippen molar-refractivity contribution in [2.24, 2.45) is 5.73 Å². The van der Waals surface area contributed by atoms with Crippen LogP contribution in [-0.2, 0) is 5.41 Å². The van der Waals surface area contributed by atoms with Crippen molar-refractivity contribution in [3.8, 4) is 5.75 Å². The van der Waals surface area contributed by atoms with Gasteiger partial charge in [0.2, 0.25) is 0 Å². The van der Waals surface area contributed by atoms with Crippen LogP contribution in [0.1, 0.15) is 32.3 Å². The van der Waals surface area contributed by atoms with Gasteiger partial charge >= 0.3 is 0 Å². The van der Waals surface area contributed by atoms with Gasteiger partial charge in [0.05, 0.1) is 7.11 Å². The average molecular weight is 207 g/mol. The fourth-order valence-electron chi connectivity index (χ4n) is 1.96. The van der Waals surface area contributed by atoms with E-state index in [9.17, 15) is 0 Å². The van der Waals surface area contributed by atoms with Crippen LogP contribution in [0.3, 0.4) is 0 Å². The van der Waals surface area contributed by atoms with Crippen molar-refractivity contribution in [2.45, 2.75) is 32.1 Å². The number of hydrogen-bond donors (Lipinski definition) is 1. The number of hydrogen-bond acceptors (Lipinski definition) is 2. The highest BCUT2D eigenvalue weighted by Gasteiger charge is 2.26. The van der Waals surface area contributed by atoms with Crippen LogP contribution in [-0.4, -0.2) is 13.7 Å². The van der Waals surface area contributed by atoms with Gasteiger partial charge < -0.3 is 10.5 Å². The van der Waals surface area contributed by atoms with Crippen LogP contribution in [0.2, 0.25) is 0 Å². The summed E-state index contributed by atoms with van der Waals surface area (Å²) in [6.07, 6.45) is 2.06. The lowest BCUT2D eigenvalue weighted by molar-refractivity contribution is 0.369. The van der Waals surface area contributed by atoms with E-state index in [1.807, 2.05) is 12.1 Å². The van der Waals surface area contributed by atoms with Gasteiger partial charge in [0.1, 0.15) is 5.75 Å². The van der Waals surface area contributed by atoms with E-state index in [1.165, 1.54) is 5.56 Å². The second-order valence-corrected chi connectivity index (χ2v) is 4.15. The molecule has 0 heterocycles. The average Bonchev–Trinajstić information content (AvgIpc) is 2.29. The van der Waals surface area contributed by atoms with Gasteiger partial charge in [-0.05, 0) is 30.9 Å². The van der Waals surface area contributed by atoms with Crippen LogP contribution in [0.5, 0.6) is 5.75 Å². The number of methoxy groups -OCH3 is 1. The van der Waals surface area contributed by atoms with Gasteiger partial charge in [-0.25, -0.2) is 0 Å². The number of benzene rings is 1. The van der Waals surface area contributed by atoms with Crippen LogP contribution < -0.4 is 10.5 Å². The molecule has 2 heteroatoms. The second kappa shape index (κ2) is 5.17. The van der Waals surface area contributed by atoms with Gasteiger partial charge in [-0.2, -0.15) is 0 Å². The van der Waals surface area contributed by atoms with Gasteiger partial charge in [0, 0.05) is 5.56 Å². The molecule has 0 saturated heterocycles. The molecule has 0 amide bonds. The Balaban J connectivity index is 3.10. The predicted molar refractivity (Wildman–Crippen MR) is 64.3 cm³/mol. The van der Waals surface area contributed by atoms with E-state index in [0.717, 1.165) is 18.6 Å². The van der Waals surface area contributed by atoms with E-state index in [-0.39, 0.29) is 5.41 Å². The minimum absolute atomic E-state index is 0.126. The maximum absolute atomic E-state index is 5.68. The van der Waals surface area contributed by atoms with Crippen molar-refractivity contribution in [3.05, 3.63) is 29.8 Å². The summed E-state index contributed by atoms with van der Waals surface area (Å²) in [4.78, 5) is 0. The van der Waals surface area contributed by atoms with Crippen molar-refractivity contribution >= 4 is 0 Å². The summed E-state index contributed by atoms with van der Waals surface area (Å²) in [5.41, 5.74) is 7.07. The van der Waals surface area contributed by atoms with Gasteiger partial charge in [0.25, 0.3) is 0 Å². The van der Waals surface area contributed by atoms with Crippen LogP contribution in [0.25, 0.3) is 0 Å². The molecule has 0 fully saturated rings. The molecule has 0 aliphatic carbocycles. The van der Waals surface area contributed by atoms with Crippen molar-refractivity contribution < 1.29 is 4.74 Å². The Bertz CT molecular complexity index is 311. The van der Waals surface area contributed by atoms with Crippen molar-refractivity contribution in [1.82, 2.24) is 0 Å². The zero-order valence-electron chi connectivity index (χ0n) is 9.92. The SMILES string of the molecule is CC[C@](C)(CCN)c1ccccc1OC. The number of ether oxygens (including phenoxy) is 1. The molecule has 0 aromatic heterocycles. The van der Waals surface area contributed by atoms with Gasteiger partial charge in [-0.15, -0.1) is 0 Å². The first-order valence-electron chi connectivity index (χ1n) is 5.51. The third-order valence-electron chi connectivity index (χ3n) is 3.23. The summed E-state index contributed by atoms with van der Waals surface area (Å²) in [7, 11) is 1.72. The van der Waals surface area contributed by atoms with Crippen LogP contribution in [0.4, 0.5) is 0 Å². The third kappa shape index (κ3) is 2.51. The summed E-state index contributed by atoms with van der Waals surface area (Å²) in [5, 5.41) is 0. The first kappa shape index (κ1) is 12.1. The lowest BCUT2D eigenvalue weighted by Gasteiger charge is -2.29. The summed E-state index contributed by atoms with van der Waals surface area (Å²) in [6, 6.07) is 8.21. The zero-order chi connectivity index (χ0) is 11.3. The predicted octanol–water partition coefficient (Wildman–Crippen LogP) is 2.71. The number of nitrogens with two attached hydrogens (primary N) is 1. The second-order valence-electron chi connectivity index (χ2n) is 4.15. The maximum Gasteiger partial charge on any atom is 0.122 e. The Kier molecular flexibility index (Phi) is 4.15. The highest BCUT2D eigenvalue weighted by atomic mass is 16.5. The Morgan fingerprint density at radius 1 is 1.33 bits per heavy atom. The van der Waals surface area contributed by atoms with Crippen molar-refractivity contribution in [1.29, 1.82) is 0 Å². The lowest BCUT2D eigenvalue weighted by atomic mass is 9.77. The Morgan fingerprint density at radius 2 is 2.00 bits per heavy atom. The van der Waals surface area contributed by atoms with Gasteiger partial charge in [0.15, 0.2) is 0 Å². The molecular formula is C13H21NO. The Morgan fingerprint density at radius 3 is 2.53 bits per heavy atom. The standard InChI is InChI=1S/C13H21NO/c1-4-13(2,9-10-14)11-7-5-6-8-12(11)15-3/h5-8H,4,9-10,14H2,1-3H3/t13-/m1/s1. The van der Waals surface area contributed by atoms with E-state index in [1.54, 1.807) is 7.11 Å². The first-order chi connectivity index (χ1) is 7.18. The topological polar surface area (TPSA) is 35.2 Å². The molecule has 2 N–H and O–H groups in total. The van der Waals surface area contributed by atoms with Crippen LogP contribution in [0.15, 0.2) is 24.3 Å². The molecule has 0 unspecified atom stereocenters. The van der Waals surface area contributed by atoms with Crippen LogP contribution >= 0.6 is 0 Å². The molecule has 15 heavy (non-hydrogen) atoms. The molecule has 1 aromatic carbocycles. The van der Waals surface area contributed by atoms with Crippen LogP contribution in [0, 0.1) is 0 Å². The Hall–Kier alpha value is -1.02. The van der Waals surface area contributed by atoms with E-state index in [2.05, 4.69) is 26.0 Å². The monoisotopic (exact) mass is 207 g/mol. The van der Waals surface area contributed by atoms with E-state index in [4.69, 9.17) is 10.5 Å². The molecule has 0 bridgehead atoms.